The zero-order valence-corrected chi connectivity index (χ0v) is 25.8. The Morgan fingerprint density at radius 3 is 2.16 bits per heavy atom. The van der Waals surface area contributed by atoms with Crippen molar-refractivity contribution in [3.63, 3.8) is 0 Å². The van der Waals surface area contributed by atoms with Crippen LogP contribution in [0.15, 0.2) is 42.5 Å². The van der Waals surface area contributed by atoms with Gasteiger partial charge in [-0.25, -0.2) is 9.59 Å². The second-order valence-corrected chi connectivity index (χ2v) is 12.0. The summed E-state index contributed by atoms with van der Waals surface area (Å²) in [6.45, 7) is 4.64. The van der Waals surface area contributed by atoms with Gasteiger partial charge in [-0.2, -0.15) is 13.2 Å². The first-order valence-electron chi connectivity index (χ1n) is 13.6. The van der Waals surface area contributed by atoms with Crippen LogP contribution >= 0.6 is 23.2 Å². The molecule has 10 nitrogen and oxygen atoms in total. The number of benzene rings is 2. The number of alkyl carbamates (subject to hydrolysis) is 1. The number of likely N-dealkylation sites (tertiary alicyclic amines) is 1. The van der Waals surface area contributed by atoms with Crippen LogP contribution in [0.4, 0.5) is 28.4 Å². The molecule has 1 fully saturated rings. The van der Waals surface area contributed by atoms with Crippen LogP contribution in [0.1, 0.15) is 44.7 Å². The molecule has 0 atom stereocenters. The standard InChI is InChI=1S/C29H33Cl2F3N4O6/c1-27(2,3)44-25(41)36-16-22(39)38-13-11-28(12-14-38,24(40)35-15-18-5-4-6-21(30)23(18)31)17-43-26(42)37-20-9-7-19(8-10-20)29(32,33)34/h4-10H,11-17H2,1-3H3,(H,35,40)(H,36,41)(H,37,42). The van der Waals surface area contributed by atoms with Gasteiger partial charge in [-0.15, -0.1) is 0 Å². The molecular weight excluding hydrogens is 628 g/mol. The van der Waals surface area contributed by atoms with E-state index in [1.807, 2.05) is 0 Å². The number of rotatable bonds is 8. The summed E-state index contributed by atoms with van der Waals surface area (Å²) in [6.07, 6.45) is -6.05. The van der Waals surface area contributed by atoms with Crippen LogP contribution in [0.3, 0.4) is 0 Å². The van der Waals surface area contributed by atoms with Gasteiger partial charge in [0.05, 0.1) is 21.0 Å². The average Bonchev–Trinajstić information content (AvgIpc) is 2.94. The molecule has 15 heteroatoms. The number of carbonyl (C=O) groups is 4. The third-order valence-corrected chi connectivity index (χ3v) is 7.60. The van der Waals surface area contributed by atoms with Gasteiger partial charge in [0.25, 0.3) is 0 Å². The summed E-state index contributed by atoms with van der Waals surface area (Å²) >= 11 is 12.3. The molecule has 3 rings (SSSR count). The second kappa shape index (κ2) is 14.4. The Labute approximate surface area is 262 Å². The highest BCUT2D eigenvalue weighted by molar-refractivity contribution is 6.42. The SMILES string of the molecule is CC(C)(C)OC(=O)NCC(=O)N1CCC(COC(=O)Nc2ccc(C(F)(F)F)cc2)(C(=O)NCc2cccc(Cl)c2Cl)CC1. The lowest BCUT2D eigenvalue weighted by atomic mass is 9.78. The quantitative estimate of drug-likeness (QED) is 0.318. The minimum atomic E-state index is -4.53. The molecule has 0 aromatic heterocycles. The Balaban J connectivity index is 1.66. The van der Waals surface area contributed by atoms with Crippen LogP contribution in [0, 0.1) is 5.41 Å². The number of hydrogen-bond acceptors (Lipinski definition) is 6. The fourth-order valence-electron chi connectivity index (χ4n) is 4.34. The largest absolute Gasteiger partial charge is 0.448 e. The maximum absolute atomic E-state index is 13.5. The molecule has 44 heavy (non-hydrogen) atoms. The van der Waals surface area contributed by atoms with Gasteiger partial charge in [0.2, 0.25) is 11.8 Å². The van der Waals surface area contributed by atoms with Crippen molar-refractivity contribution in [2.24, 2.45) is 5.41 Å². The number of nitrogens with zero attached hydrogens (tertiary/aromatic N) is 1. The molecule has 0 radical (unpaired) electrons. The van der Waals surface area contributed by atoms with Crippen LogP contribution in [0.2, 0.25) is 10.0 Å². The van der Waals surface area contributed by atoms with Crippen molar-refractivity contribution in [3.8, 4) is 0 Å². The van der Waals surface area contributed by atoms with Gasteiger partial charge in [-0.05, 0) is 69.5 Å². The van der Waals surface area contributed by atoms with Crippen molar-refractivity contribution >= 4 is 52.9 Å². The molecule has 0 spiro atoms. The summed E-state index contributed by atoms with van der Waals surface area (Å²) in [7, 11) is 0. The molecule has 1 aliphatic heterocycles. The first-order valence-corrected chi connectivity index (χ1v) is 14.3. The zero-order chi connectivity index (χ0) is 32.7. The molecular formula is C29H33Cl2F3N4O6. The molecule has 2 aromatic rings. The highest BCUT2D eigenvalue weighted by Crippen LogP contribution is 2.34. The number of piperidine rings is 1. The molecule has 3 N–H and O–H groups in total. The third-order valence-electron chi connectivity index (χ3n) is 6.75. The average molecular weight is 662 g/mol. The van der Waals surface area contributed by atoms with Crippen molar-refractivity contribution in [3.05, 3.63) is 63.6 Å². The normalized spacial score (nSPS) is 14.8. The third kappa shape index (κ3) is 9.91. The van der Waals surface area contributed by atoms with Crippen molar-refractivity contribution in [1.82, 2.24) is 15.5 Å². The Kier molecular flexibility index (Phi) is 11.4. The number of ether oxygens (including phenoxy) is 2. The van der Waals surface area contributed by atoms with Crippen LogP contribution in [0.25, 0.3) is 0 Å². The lowest BCUT2D eigenvalue weighted by molar-refractivity contribution is -0.142. The van der Waals surface area contributed by atoms with Crippen molar-refractivity contribution in [2.75, 3.05) is 31.6 Å². The second-order valence-electron chi connectivity index (χ2n) is 11.2. The summed E-state index contributed by atoms with van der Waals surface area (Å²) in [5.74, 6) is -0.855. The van der Waals surface area contributed by atoms with Gasteiger partial charge in [0.15, 0.2) is 0 Å². The number of hydrogen-bond donors (Lipinski definition) is 3. The first-order chi connectivity index (χ1) is 20.5. The summed E-state index contributed by atoms with van der Waals surface area (Å²) in [5.41, 5.74) is -2.24. The van der Waals surface area contributed by atoms with Gasteiger partial charge >= 0.3 is 18.4 Å². The zero-order valence-electron chi connectivity index (χ0n) is 24.3. The van der Waals surface area contributed by atoms with Gasteiger partial charge < -0.3 is 25.0 Å². The Hall–Kier alpha value is -3.71. The Bertz CT molecular complexity index is 1360. The Morgan fingerprint density at radius 1 is 0.932 bits per heavy atom. The highest BCUT2D eigenvalue weighted by Gasteiger charge is 2.43. The van der Waals surface area contributed by atoms with Crippen LogP contribution in [-0.4, -0.2) is 60.7 Å². The maximum Gasteiger partial charge on any atom is 0.416 e. The molecule has 0 bridgehead atoms. The molecule has 1 saturated heterocycles. The number of amides is 4. The fourth-order valence-corrected chi connectivity index (χ4v) is 4.73. The monoisotopic (exact) mass is 660 g/mol. The van der Waals surface area contributed by atoms with Gasteiger partial charge in [0.1, 0.15) is 18.8 Å². The predicted molar refractivity (Wildman–Crippen MR) is 157 cm³/mol. The van der Waals surface area contributed by atoms with E-state index in [0.717, 1.165) is 24.3 Å². The summed E-state index contributed by atoms with van der Waals surface area (Å²) in [4.78, 5) is 52.2. The smallest absolute Gasteiger partial charge is 0.416 e. The van der Waals surface area contributed by atoms with E-state index < -0.39 is 46.8 Å². The number of nitrogens with one attached hydrogen (secondary N) is 3. The lowest BCUT2D eigenvalue weighted by Gasteiger charge is -2.40. The number of carbonyl (C=O) groups excluding carboxylic acids is 4. The predicted octanol–water partition coefficient (Wildman–Crippen LogP) is 6.01. The number of anilines is 1. The van der Waals surface area contributed by atoms with E-state index in [2.05, 4.69) is 16.0 Å². The molecule has 2 aromatic carbocycles. The molecule has 4 amide bonds. The molecule has 0 saturated carbocycles. The lowest BCUT2D eigenvalue weighted by Crippen LogP contribution is -2.53. The van der Waals surface area contributed by atoms with E-state index in [4.69, 9.17) is 32.7 Å². The van der Waals surface area contributed by atoms with Crippen LogP contribution in [0.5, 0.6) is 0 Å². The van der Waals surface area contributed by atoms with Crippen LogP contribution in [-0.2, 0) is 31.8 Å². The van der Waals surface area contributed by atoms with Crippen molar-refractivity contribution in [1.29, 1.82) is 0 Å². The molecule has 0 aliphatic carbocycles. The summed E-state index contributed by atoms with van der Waals surface area (Å²) in [5, 5.41) is 8.14. The van der Waals surface area contributed by atoms with E-state index in [1.165, 1.54) is 4.90 Å². The van der Waals surface area contributed by atoms with Gasteiger partial charge in [-0.3, -0.25) is 14.9 Å². The van der Waals surface area contributed by atoms with Gasteiger partial charge in [-0.1, -0.05) is 35.3 Å². The van der Waals surface area contributed by atoms with Crippen LogP contribution < -0.4 is 16.0 Å². The van der Waals surface area contributed by atoms with Crippen molar-refractivity contribution < 1.29 is 41.8 Å². The molecule has 240 valence electrons. The maximum atomic E-state index is 13.5. The van der Waals surface area contributed by atoms with E-state index in [9.17, 15) is 32.3 Å². The van der Waals surface area contributed by atoms with Crippen molar-refractivity contribution in [2.45, 2.75) is 51.9 Å². The van der Waals surface area contributed by atoms with E-state index in [1.54, 1.807) is 39.0 Å². The topological polar surface area (TPSA) is 126 Å². The minimum absolute atomic E-state index is 0.0280. The van der Waals surface area contributed by atoms with Gasteiger partial charge in [0, 0.05) is 25.3 Å². The summed E-state index contributed by atoms with van der Waals surface area (Å²) < 4.78 is 49.0. The van der Waals surface area contributed by atoms with E-state index in [-0.39, 0.29) is 56.3 Å². The number of alkyl halides is 3. The summed E-state index contributed by atoms with van der Waals surface area (Å²) in [6, 6.07) is 8.76. The minimum Gasteiger partial charge on any atom is -0.448 e. The molecule has 1 heterocycles. The Morgan fingerprint density at radius 2 is 1.57 bits per heavy atom. The first kappa shape index (κ1) is 34.8. The fraction of sp³-hybridized carbons (Fsp3) is 0.448. The molecule has 0 unspecified atom stereocenters. The number of halogens is 5. The van der Waals surface area contributed by atoms with E-state index in [0.29, 0.717) is 10.6 Å². The highest BCUT2D eigenvalue weighted by atomic mass is 35.5. The van der Waals surface area contributed by atoms with E-state index >= 15 is 0 Å². The molecule has 1 aliphatic rings.